The molecule has 138 valence electrons. The third-order valence-corrected chi connectivity index (χ3v) is 6.46. The third-order valence-electron chi connectivity index (χ3n) is 4.54. The molecule has 6 nitrogen and oxygen atoms in total. The van der Waals surface area contributed by atoms with Crippen LogP contribution in [0.3, 0.4) is 0 Å². The Bertz CT molecular complexity index is 851. The van der Waals surface area contributed by atoms with Crippen molar-refractivity contribution in [2.45, 2.75) is 37.1 Å². The standard InChI is InChI=1S/C19H23N3O3S/c1-15-7-9-17(10-8-15)26(24,25)22-14-4-6-18(22)19(23)21-13-11-16-5-2-3-12-20-16/h2-3,5,7-10,12,18H,4,6,11,13-14H2,1H3,(H,21,23). The van der Waals surface area contributed by atoms with E-state index in [-0.39, 0.29) is 10.8 Å². The lowest BCUT2D eigenvalue weighted by Gasteiger charge is -2.23. The molecule has 0 spiro atoms. The highest BCUT2D eigenvalue weighted by atomic mass is 32.2. The van der Waals surface area contributed by atoms with Gasteiger partial charge in [-0.15, -0.1) is 0 Å². The molecule has 3 rings (SSSR count). The second-order valence-electron chi connectivity index (χ2n) is 6.45. The first-order valence-electron chi connectivity index (χ1n) is 8.74. The molecule has 7 heteroatoms. The Kier molecular flexibility index (Phi) is 5.68. The maximum atomic E-state index is 12.9. The van der Waals surface area contributed by atoms with Gasteiger partial charge in [-0.05, 0) is 44.0 Å². The number of hydrogen-bond donors (Lipinski definition) is 1. The van der Waals surface area contributed by atoms with Gasteiger partial charge in [0.1, 0.15) is 6.04 Å². The van der Waals surface area contributed by atoms with Crippen LogP contribution in [0.1, 0.15) is 24.1 Å². The predicted molar refractivity (Wildman–Crippen MR) is 99.0 cm³/mol. The Hall–Kier alpha value is -2.25. The van der Waals surface area contributed by atoms with Crippen molar-refractivity contribution in [1.29, 1.82) is 0 Å². The lowest BCUT2D eigenvalue weighted by molar-refractivity contribution is -0.124. The van der Waals surface area contributed by atoms with Gasteiger partial charge in [-0.2, -0.15) is 4.31 Å². The zero-order valence-corrected chi connectivity index (χ0v) is 15.6. The van der Waals surface area contributed by atoms with E-state index in [9.17, 15) is 13.2 Å². The topological polar surface area (TPSA) is 79.4 Å². The van der Waals surface area contributed by atoms with Crippen LogP contribution in [0.25, 0.3) is 0 Å². The number of aryl methyl sites for hydroxylation is 1. The van der Waals surface area contributed by atoms with E-state index in [0.29, 0.717) is 32.4 Å². The van der Waals surface area contributed by atoms with Crippen molar-refractivity contribution in [3.05, 3.63) is 59.9 Å². The SMILES string of the molecule is Cc1ccc(S(=O)(=O)N2CCCC2C(=O)NCCc2ccccn2)cc1. The number of aromatic nitrogens is 1. The molecular weight excluding hydrogens is 350 g/mol. The van der Waals surface area contributed by atoms with Gasteiger partial charge in [0.25, 0.3) is 0 Å². The summed E-state index contributed by atoms with van der Waals surface area (Å²) in [5.41, 5.74) is 1.89. The first-order valence-corrected chi connectivity index (χ1v) is 10.2. The van der Waals surface area contributed by atoms with E-state index >= 15 is 0 Å². The van der Waals surface area contributed by atoms with Crippen LogP contribution in [-0.2, 0) is 21.2 Å². The maximum absolute atomic E-state index is 12.9. The normalized spacial score (nSPS) is 18.0. The summed E-state index contributed by atoms with van der Waals surface area (Å²) in [7, 11) is -3.67. The highest BCUT2D eigenvalue weighted by Crippen LogP contribution is 2.26. The Morgan fingerprint density at radius 2 is 2.00 bits per heavy atom. The summed E-state index contributed by atoms with van der Waals surface area (Å²) in [5, 5.41) is 2.85. The molecule has 1 aromatic heterocycles. The molecule has 1 atom stereocenters. The average Bonchev–Trinajstić information content (AvgIpc) is 3.14. The summed E-state index contributed by atoms with van der Waals surface area (Å²) in [6.45, 7) is 2.71. The van der Waals surface area contributed by atoms with Crippen molar-refractivity contribution in [2.24, 2.45) is 0 Å². The van der Waals surface area contributed by atoms with Crippen molar-refractivity contribution in [3.8, 4) is 0 Å². The largest absolute Gasteiger partial charge is 0.354 e. The predicted octanol–water partition coefficient (Wildman–Crippen LogP) is 1.90. The molecule has 0 radical (unpaired) electrons. The Morgan fingerprint density at radius 1 is 1.23 bits per heavy atom. The monoisotopic (exact) mass is 373 g/mol. The molecule has 0 aliphatic carbocycles. The molecule has 1 saturated heterocycles. The molecule has 1 amide bonds. The molecule has 1 aromatic carbocycles. The first kappa shape index (κ1) is 18.5. The van der Waals surface area contributed by atoms with Crippen LogP contribution in [0.2, 0.25) is 0 Å². The van der Waals surface area contributed by atoms with Crippen LogP contribution in [0.15, 0.2) is 53.6 Å². The van der Waals surface area contributed by atoms with Gasteiger partial charge in [0.2, 0.25) is 15.9 Å². The van der Waals surface area contributed by atoms with Crippen molar-refractivity contribution in [2.75, 3.05) is 13.1 Å². The van der Waals surface area contributed by atoms with E-state index in [1.54, 1.807) is 30.5 Å². The van der Waals surface area contributed by atoms with Crippen molar-refractivity contribution >= 4 is 15.9 Å². The number of nitrogens with zero attached hydrogens (tertiary/aromatic N) is 2. The zero-order valence-electron chi connectivity index (χ0n) is 14.8. The summed E-state index contributed by atoms with van der Waals surface area (Å²) in [6, 6.07) is 11.7. The molecule has 1 unspecified atom stereocenters. The third kappa shape index (κ3) is 4.11. The molecule has 1 aliphatic heterocycles. The minimum Gasteiger partial charge on any atom is -0.354 e. The summed E-state index contributed by atoms with van der Waals surface area (Å²) >= 11 is 0. The fourth-order valence-electron chi connectivity index (χ4n) is 3.11. The summed E-state index contributed by atoms with van der Waals surface area (Å²) < 4.78 is 27.1. The lowest BCUT2D eigenvalue weighted by atomic mass is 10.2. The summed E-state index contributed by atoms with van der Waals surface area (Å²) in [4.78, 5) is 17.0. The molecule has 2 heterocycles. The number of benzene rings is 1. The van der Waals surface area contributed by atoms with E-state index in [4.69, 9.17) is 0 Å². The highest BCUT2D eigenvalue weighted by Gasteiger charge is 2.39. The van der Waals surface area contributed by atoms with E-state index < -0.39 is 16.1 Å². The van der Waals surface area contributed by atoms with Gasteiger partial charge in [-0.3, -0.25) is 9.78 Å². The van der Waals surface area contributed by atoms with Gasteiger partial charge in [-0.25, -0.2) is 8.42 Å². The Balaban J connectivity index is 1.65. The second kappa shape index (κ2) is 7.97. The average molecular weight is 373 g/mol. The van der Waals surface area contributed by atoms with E-state index in [1.807, 2.05) is 25.1 Å². The van der Waals surface area contributed by atoms with Crippen LogP contribution in [0.5, 0.6) is 0 Å². The summed E-state index contributed by atoms with van der Waals surface area (Å²) in [6.07, 6.45) is 3.55. The second-order valence-corrected chi connectivity index (χ2v) is 8.34. The number of carbonyl (C=O) groups excluding carboxylic acids is 1. The number of carbonyl (C=O) groups is 1. The van der Waals surface area contributed by atoms with E-state index in [2.05, 4.69) is 10.3 Å². The molecule has 1 N–H and O–H groups in total. The molecule has 1 aliphatic rings. The number of hydrogen-bond acceptors (Lipinski definition) is 4. The smallest absolute Gasteiger partial charge is 0.243 e. The van der Waals surface area contributed by atoms with Crippen molar-refractivity contribution in [1.82, 2.24) is 14.6 Å². The minimum absolute atomic E-state index is 0.233. The van der Waals surface area contributed by atoms with Crippen LogP contribution in [0, 0.1) is 6.92 Å². The van der Waals surface area contributed by atoms with Crippen molar-refractivity contribution in [3.63, 3.8) is 0 Å². The molecule has 2 aromatic rings. The zero-order chi connectivity index (χ0) is 18.6. The molecule has 1 fully saturated rings. The van der Waals surface area contributed by atoms with Crippen LogP contribution in [0.4, 0.5) is 0 Å². The van der Waals surface area contributed by atoms with E-state index in [0.717, 1.165) is 11.3 Å². The van der Waals surface area contributed by atoms with Crippen molar-refractivity contribution < 1.29 is 13.2 Å². The van der Waals surface area contributed by atoms with Crippen LogP contribution < -0.4 is 5.32 Å². The quantitative estimate of drug-likeness (QED) is 0.839. The fourth-order valence-corrected chi connectivity index (χ4v) is 4.77. The Morgan fingerprint density at radius 3 is 2.69 bits per heavy atom. The fraction of sp³-hybridized carbons (Fsp3) is 0.368. The number of nitrogens with one attached hydrogen (secondary N) is 1. The van der Waals surface area contributed by atoms with Gasteiger partial charge >= 0.3 is 0 Å². The van der Waals surface area contributed by atoms with Crippen LogP contribution in [-0.4, -0.2) is 42.7 Å². The van der Waals surface area contributed by atoms with E-state index in [1.165, 1.54) is 4.31 Å². The van der Waals surface area contributed by atoms with Gasteiger partial charge in [0, 0.05) is 31.4 Å². The number of rotatable bonds is 6. The maximum Gasteiger partial charge on any atom is 0.243 e. The molecular formula is C19H23N3O3S. The highest BCUT2D eigenvalue weighted by molar-refractivity contribution is 7.89. The minimum atomic E-state index is -3.67. The lowest BCUT2D eigenvalue weighted by Crippen LogP contribution is -2.46. The number of pyridine rings is 1. The molecule has 0 saturated carbocycles. The van der Waals surface area contributed by atoms with Gasteiger partial charge < -0.3 is 5.32 Å². The molecule has 0 bridgehead atoms. The number of amides is 1. The molecule has 26 heavy (non-hydrogen) atoms. The van der Waals surface area contributed by atoms with Gasteiger partial charge in [0.15, 0.2) is 0 Å². The van der Waals surface area contributed by atoms with Gasteiger partial charge in [-0.1, -0.05) is 23.8 Å². The Labute approximate surface area is 154 Å². The first-order chi connectivity index (χ1) is 12.5. The van der Waals surface area contributed by atoms with Gasteiger partial charge in [0.05, 0.1) is 4.90 Å². The van der Waals surface area contributed by atoms with Crippen LogP contribution >= 0.6 is 0 Å². The summed E-state index contributed by atoms with van der Waals surface area (Å²) in [5.74, 6) is -0.242. The number of sulfonamides is 1.